The first kappa shape index (κ1) is 15.7. The van der Waals surface area contributed by atoms with Crippen molar-refractivity contribution in [1.82, 2.24) is 14.8 Å². The largest absolute Gasteiger partial charge is 0.369 e. The van der Waals surface area contributed by atoms with Gasteiger partial charge in [0.2, 0.25) is 0 Å². The zero-order valence-electron chi connectivity index (χ0n) is 12.9. The summed E-state index contributed by atoms with van der Waals surface area (Å²) in [6.07, 6.45) is 3.00. The van der Waals surface area contributed by atoms with Gasteiger partial charge in [0.1, 0.15) is 11.6 Å². The Hall–Kier alpha value is -1.69. The van der Waals surface area contributed by atoms with Crippen molar-refractivity contribution < 1.29 is 9.18 Å². The highest BCUT2D eigenvalue weighted by Gasteiger charge is 2.29. The van der Waals surface area contributed by atoms with Gasteiger partial charge in [-0.25, -0.2) is 9.37 Å². The lowest BCUT2D eigenvalue weighted by Crippen LogP contribution is -2.35. The van der Waals surface area contributed by atoms with Gasteiger partial charge in [0.15, 0.2) is 0 Å². The molecule has 0 bridgehead atoms. The second-order valence-corrected chi connectivity index (χ2v) is 5.63. The van der Waals surface area contributed by atoms with Crippen molar-refractivity contribution in [3.05, 3.63) is 23.6 Å². The Morgan fingerprint density at radius 1 is 1.57 bits per heavy atom. The maximum atomic E-state index is 13.5. The van der Waals surface area contributed by atoms with Crippen LogP contribution >= 0.6 is 0 Å². The molecule has 0 aliphatic carbocycles. The van der Waals surface area contributed by atoms with Gasteiger partial charge >= 0.3 is 0 Å². The monoisotopic (exact) mass is 294 g/mol. The average Bonchev–Trinajstić information content (AvgIpc) is 2.95. The van der Waals surface area contributed by atoms with E-state index in [4.69, 9.17) is 0 Å². The number of nitrogens with one attached hydrogen (secondary N) is 1. The van der Waals surface area contributed by atoms with Crippen LogP contribution in [0.15, 0.2) is 12.3 Å². The molecule has 2 rings (SSSR count). The fourth-order valence-corrected chi connectivity index (χ4v) is 2.50. The van der Waals surface area contributed by atoms with Gasteiger partial charge in [-0.15, -0.1) is 0 Å². The van der Waals surface area contributed by atoms with Crippen LogP contribution in [0.4, 0.5) is 10.2 Å². The molecule has 0 saturated carbocycles. The molecule has 0 aromatic carbocycles. The normalized spacial score (nSPS) is 18.3. The quantitative estimate of drug-likeness (QED) is 0.900. The van der Waals surface area contributed by atoms with Crippen LogP contribution in [0.25, 0.3) is 0 Å². The molecule has 1 amide bonds. The van der Waals surface area contributed by atoms with E-state index in [1.165, 1.54) is 6.07 Å². The SMILES string of the molecule is CCCNc1ncc(F)cc1C(=O)N1CCC(N(C)C)C1. The highest BCUT2D eigenvalue weighted by Crippen LogP contribution is 2.21. The number of aromatic nitrogens is 1. The molecule has 5 nitrogen and oxygen atoms in total. The number of amides is 1. The Morgan fingerprint density at radius 2 is 2.33 bits per heavy atom. The fraction of sp³-hybridized carbons (Fsp3) is 0.600. The predicted molar refractivity (Wildman–Crippen MR) is 81.0 cm³/mol. The number of rotatable bonds is 5. The Bertz CT molecular complexity index is 506. The Balaban J connectivity index is 2.16. The number of hydrogen-bond acceptors (Lipinski definition) is 4. The summed E-state index contributed by atoms with van der Waals surface area (Å²) in [5.41, 5.74) is 0.322. The number of pyridine rings is 1. The van der Waals surface area contributed by atoms with Gasteiger partial charge in [0, 0.05) is 25.7 Å². The maximum absolute atomic E-state index is 13.5. The van der Waals surface area contributed by atoms with E-state index >= 15 is 0 Å². The highest BCUT2D eigenvalue weighted by atomic mass is 19.1. The molecule has 1 unspecified atom stereocenters. The first-order valence-electron chi connectivity index (χ1n) is 7.38. The number of likely N-dealkylation sites (N-methyl/N-ethyl adjacent to an activating group) is 1. The second-order valence-electron chi connectivity index (χ2n) is 5.63. The highest BCUT2D eigenvalue weighted by molar-refractivity contribution is 5.98. The molecule has 1 aromatic heterocycles. The minimum atomic E-state index is -0.483. The summed E-state index contributed by atoms with van der Waals surface area (Å²) in [7, 11) is 4.02. The average molecular weight is 294 g/mol. The summed E-state index contributed by atoms with van der Waals surface area (Å²) in [5, 5.41) is 3.09. The van der Waals surface area contributed by atoms with Crippen molar-refractivity contribution in [1.29, 1.82) is 0 Å². The van der Waals surface area contributed by atoms with Crippen LogP contribution in [-0.4, -0.2) is 60.5 Å². The number of likely N-dealkylation sites (tertiary alicyclic amines) is 1. The van der Waals surface area contributed by atoms with E-state index in [9.17, 15) is 9.18 Å². The number of anilines is 1. The van der Waals surface area contributed by atoms with Crippen molar-refractivity contribution >= 4 is 11.7 Å². The third-order valence-corrected chi connectivity index (χ3v) is 3.81. The summed E-state index contributed by atoms with van der Waals surface area (Å²) in [6, 6.07) is 1.64. The van der Waals surface area contributed by atoms with E-state index in [-0.39, 0.29) is 5.91 Å². The van der Waals surface area contributed by atoms with E-state index in [2.05, 4.69) is 15.2 Å². The van der Waals surface area contributed by atoms with Crippen molar-refractivity contribution in [2.45, 2.75) is 25.8 Å². The topological polar surface area (TPSA) is 48.5 Å². The standard InChI is InChI=1S/C15H23FN4O/c1-4-6-17-14-13(8-11(16)9-18-14)15(21)20-7-5-12(10-20)19(2)3/h8-9,12H,4-7,10H2,1-3H3,(H,17,18). The molecule has 1 saturated heterocycles. The van der Waals surface area contributed by atoms with Gasteiger partial charge in [0.25, 0.3) is 5.91 Å². The van der Waals surface area contributed by atoms with Gasteiger partial charge in [-0.3, -0.25) is 4.79 Å². The summed E-state index contributed by atoms with van der Waals surface area (Å²) in [6.45, 7) is 4.11. The van der Waals surface area contributed by atoms with Crippen molar-refractivity contribution in [2.24, 2.45) is 0 Å². The van der Waals surface area contributed by atoms with Crippen LogP contribution in [-0.2, 0) is 0 Å². The molecule has 2 heterocycles. The molecule has 1 aliphatic rings. The molecule has 1 fully saturated rings. The Labute approximate surface area is 125 Å². The number of carbonyl (C=O) groups excluding carboxylic acids is 1. The van der Waals surface area contributed by atoms with E-state index in [0.29, 0.717) is 37.1 Å². The fourth-order valence-electron chi connectivity index (χ4n) is 2.50. The molecule has 6 heteroatoms. The summed E-state index contributed by atoms with van der Waals surface area (Å²) >= 11 is 0. The van der Waals surface area contributed by atoms with Crippen LogP contribution in [0, 0.1) is 5.82 Å². The van der Waals surface area contributed by atoms with E-state index in [1.807, 2.05) is 21.0 Å². The smallest absolute Gasteiger partial charge is 0.257 e. The molecule has 1 atom stereocenters. The lowest BCUT2D eigenvalue weighted by molar-refractivity contribution is 0.0783. The lowest BCUT2D eigenvalue weighted by Gasteiger charge is -2.21. The van der Waals surface area contributed by atoms with Crippen molar-refractivity contribution in [3.63, 3.8) is 0 Å². The molecule has 1 aromatic rings. The number of carbonyl (C=O) groups is 1. The second kappa shape index (κ2) is 6.85. The molecule has 1 aliphatic heterocycles. The van der Waals surface area contributed by atoms with Crippen LogP contribution < -0.4 is 5.32 Å². The third-order valence-electron chi connectivity index (χ3n) is 3.81. The molecule has 0 radical (unpaired) electrons. The first-order valence-corrected chi connectivity index (χ1v) is 7.38. The molecule has 21 heavy (non-hydrogen) atoms. The zero-order chi connectivity index (χ0) is 15.4. The molecular formula is C15H23FN4O. The molecule has 1 N–H and O–H groups in total. The van der Waals surface area contributed by atoms with Gasteiger partial charge in [0.05, 0.1) is 11.8 Å². The van der Waals surface area contributed by atoms with Gasteiger partial charge in [-0.2, -0.15) is 0 Å². The van der Waals surface area contributed by atoms with E-state index in [1.54, 1.807) is 4.90 Å². The van der Waals surface area contributed by atoms with Crippen molar-refractivity contribution in [2.75, 3.05) is 39.0 Å². The van der Waals surface area contributed by atoms with Crippen LogP contribution in [0.2, 0.25) is 0 Å². The number of hydrogen-bond donors (Lipinski definition) is 1. The van der Waals surface area contributed by atoms with Gasteiger partial charge in [-0.1, -0.05) is 6.92 Å². The zero-order valence-corrected chi connectivity index (χ0v) is 12.9. The number of halogens is 1. The van der Waals surface area contributed by atoms with E-state index < -0.39 is 5.82 Å². The van der Waals surface area contributed by atoms with E-state index in [0.717, 1.165) is 19.0 Å². The lowest BCUT2D eigenvalue weighted by atomic mass is 10.2. The predicted octanol–water partition coefficient (Wildman–Crippen LogP) is 1.82. The molecular weight excluding hydrogens is 271 g/mol. The van der Waals surface area contributed by atoms with Gasteiger partial charge in [-0.05, 0) is 33.0 Å². The van der Waals surface area contributed by atoms with Crippen molar-refractivity contribution in [3.8, 4) is 0 Å². The van der Waals surface area contributed by atoms with Crippen LogP contribution in [0.1, 0.15) is 30.1 Å². The summed E-state index contributed by atoms with van der Waals surface area (Å²) < 4.78 is 13.5. The Kier molecular flexibility index (Phi) is 5.12. The first-order chi connectivity index (χ1) is 10.0. The summed E-state index contributed by atoms with van der Waals surface area (Å²) in [5.74, 6) is -0.162. The van der Waals surface area contributed by atoms with Crippen LogP contribution in [0.5, 0.6) is 0 Å². The third kappa shape index (κ3) is 3.69. The Morgan fingerprint density at radius 3 is 2.95 bits per heavy atom. The minimum Gasteiger partial charge on any atom is -0.369 e. The van der Waals surface area contributed by atoms with Gasteiger partial charge < -0.3 is 15.1 Å². The maximum Gasteiger partial charge on any atom is 0.257 e. The van der Waals surface area contributed by atoms with Crippen LogP contribution in [0.3, 0.4) is 0 Å². The minimum absolute atomic E-state index is 0.148. The molecule has 116 valence electrons. The summed E-state index contributed by atoms with van der Waals surface area (Å²) in [4.78, 5) is 20.5. The molecule has 0 spiro atoms. The number of nitrogens with zero attached hydrogens (tertiary/aromatic N) is 3.